The van der Waals surface area contributed by atoms with Crippen molar-refractivity contribution in [3.63, 3.8) is 0 Å². The Hall–Kier alpha value is -1.06. The highest BCUT2D eigenvalue weighted by molar-refractivity contribution is 6.34. The van der Waals surface area contributed by atoms with Gasteiger partial charge in [-0.25, -0.2) is 0 Å². The summed E-state index contributed by atoms with van der Waals surface area (Å²) in [5.74, 6) is -0.168. The molecule has 2 N–H and O–H groups in total. The SMILES string of the molecule is Cc1cccc(C(=O)NCC2(CO)CC2)c1Cl. The van der Waals surface area contributed by atoms with Gasteiger partial charge in [0.05, 0.1) is 17.2 Å². The van der Waals surface area contributed by atoms with Crippen LogP contribution in [0.4, 0.5) is 0 Å². The number of carbonyl (C=O) groups excluding carboxylic acids is 1. The molecule has 1 fully saturated rings. The zero-order valence-corrected chi connectivity index (χ0v) is 10.5. The predicted octanol–water partition coefficient (Wildman–Crippen LogP) is 2.15. The zero-order valence-electron chi connectivity index (χ0n) is 9.79. The van der Waals surface area contributed by atoms with Gasteiger partial charge in [-0.15, -0.1) is 0 Å². The van der Waals surface area contributed by atoms with E-state index in [4.69, 9.17) is 16.7 Å². The van der Waals surface area contributed by atoms with Gasteiger partial charge in [-0.05, 0) is 31.4 Å². The molecule has 0 spiro atoms. The molecule has 92 valence electrons. The van der Waals surface area contributed by atoms with Gasteiger partial charge in [-0.1, -0.05) is 23.7 Å². The number of rotatable bonds is 4. The highest BCUT2D eigenvalue weighted by atomic mass is 35.5. The first-order valence-corrected chi connectivity index (χ1v) is 6.10. The van der Waals surface area contributed by atoms with Crippen LogP contribution in [0.5, 0.6) is 0 Å². The van der Waals surface area contributed by atoms with Crippen LogP contribution in [-0.2, 0) is 0 Å². The molecule has 0 heterocycles. The molecule has 0 radical (unpaired) electrons. The third-order valence-electron chi connectivity index (χ3n) is 3.35. The maximum absolute atomic E-state index is 11.9. The summed E-state index contributed by atoms with van der Waals surface area (Å²) in [4.78, 5) is 11.9. The zero-order chi connectivity index (χ0) is 12.5. The molecule has 2 rings (SSSR count). The molecular formula is C13H16ClNO2. The van der Waals surface area contributed by atoms with E-state index in [2.05, 4.69) is 5.32 Å². The Kier molecular flexibility index (Phi) is 3.40. The molecule has 1 aliphatic rings. The van der Waals surface area contributed by atoms with Crippen LogP contribution in [-0.4, -0.2) is 24.2 Å². The fraction of sp³-hybridized carbons (Fsp3) is 0.462. The first-order chi connectivity index (χ1) is 8.08. The van der Waals surface area contributed by atoms with Crippen molar-refractivity contribution in [3.05, 3.63) is 34.3 Å². The number of benzene rings is 1. The van der Waals surface area contributed by atoms with Gasteiger partial charge in [0.15, 0.2) is 0 Å². The number of nitrogens with one attached hydrogen (secondary N) is 1. The summed E-state index contributed by atoms with van der Waals surface area (Å²) in [6.45, 7) is 2.52. The molecule has 4 heteroatoms. The fourth-order valence-corrected chi connectivity index (χ4v) is 1.97. The van der Waals surface area contributed by atoms with Crippen LogP contribution in [0.15, 0.2) is 18.2 Å². The first-order valence-electron chi connectivity index (χ1n) is 5.72. The maximum atomic E-state index is 11.9. The van der Waals surface area contributed by atoms with Crippen molar-refractivity contribution in [3.8, 4) is 0 Å². The van der Waals surface area contributed by atoms with Crippen LogP contribution in [0, 0.1) is 12.3 Å². The number of hydrogen-bond acceptors (Lipinski definition) is 2. The van der Waals surface area contributed by atoms with Gasteiger partial charge in [0.2, 0.25) is 0 Å². The Morgan fingerprint density at radius 2 is 2.24 bits per heavy atom. The second-order valence-electron chi connectivity index (χ2n) is 4.78. The summed E-state index contributed by atoms with van der Waals surface area (Å²) in [7, 11) is 0. The second-order valence-corrected chi connectivity index (χ2v) is 5.16. The van der Waals surface area contributed by atoms with E-state index in [0.29, 0.717) is 17.1 Å². The van der Waals surface area contributed by atoms with Crippen molar-refractivity contribution in [1.29, 1.82) is 0 Å². The van der Waals surface area contributed by atoms with Crippen molar-refractivity contribution in [1.82, 2.24) is 5.32 Å². The average molecular weight is 254 g/mol. The number of aliphatic hydroxyl groups is 1. The number of carbonyl (C=O) groups is 1. The topological polar surface area (TPSA) is 49.3 Å². The lowest BCUT2D eigenvalue weighted by molar-refractivity contribution is 0.0935. The quantitative estimate of drug-likeness (QED) is 0.864. The minimum Gasteiger partial charge on any atom is -0.396 e. The molecule has 0 atom stereocenters. The van der Waals surface area contributed by atoms with Gasteiger partial charge in [0.1, 0.15) is 0 Å². The molecule has 1 aliphatic carbocycles. The highest BCUT2D eigenvalue weighted by Crippen LogP contribution is 2.44. The van der Waals surface area contributed by atoms with Crippen molar-refractivity contribution < 1.29 is 9.90 Å². The lowest BCUT2D eigenvalue weighted by atomic mass is 10.1. The minimum atomic E-state index is -0.168. The molecule has 1 aromatic carbocycles. The number of amides is 1. The second kappa shape index (κ2) is 4.67. The molecule has 0 saturated heterocycles. The summed E-state index contributed by atoms with van der Waals surface area (Å²) in [5, 5.41) is 12.5. The summed E-state index contributed by atoms with van der Waals surface area (Å²) in [5.41, 5.74) is 1.31. The Bertz CT molecular complexity index is 441. The standard InChI is InChI=1S/C13H16ClNO2/c1-9-3-2-4-10(11(9)14)12(17)15-7-13(8-16)5-6-13/h2-4,16H,5-8H2,1H3,(H,15,17). The first kappa shape index (κ1) is 12.4. The van der Waals surface area contributed by atoms with Crippen molar-refractivity contribution in [2.75, 3.05) is 13.2 Å². The molecule has 17 heavy (non-hydrogen) atoms. The number of aryl methyl sites for hydroxylation is 1. The van der Waals surface area contributed by atoms with E-state index in [1.54, 1.807) is 6.07 Å². The summed E-state index contributed by atoms with van der Waals surface area (Å²) >= 11 is 6.08. The van der Waals surface area contributed by atoms with Crippen LogP contribution in [0.25, 0.3) is 0 Å². The average Bonchev–Trinajstić information content (AvgIpc) is 3.10. The van der Waals surface area contributed by atoms with Crippen molar-refractivity contribution >= 4 is 17.5 Å². The molecule has 1 aromatic rings. The van der Waals surface area contributed by atoms with Gasteiger partial charge in [-0.3, -0.25) is 4.79 Å². The van der Waals surface area contributed by atoms with E-state index in [1.807, 2.05) is 19.1 Å². The fourth-order valence-electron chi connectivity index (χ4n) is 1.75. The van der Waals surface area contributed by atoms with Gasteiger partial charge in [0.25, 0.3) is 5.91 Å². The largest absolute Gasteiger partial charge is 0.396 e. The van der Waals surface area contributed by atoms with Crippen LogP contribution in [0.2, 0.25) is 5.02 Å². The van der Waals surface area contributed by atoms with E-state index in [-0.39, 0.29) is 17.9 Å². The van der Waals surface area contributed by atoms with Gasteiger partial charge < -0.3 is 10.4 Å². The lowest BCUT2D eigenvalue weighted by Crippen LogP contribution is -2.32. The monoisotopic (exact) mass is 253 g/mol. The van der Waals surface area contributed by atoms with E-state index in [0.717, 1.165) is 18.4 Å². The summed E-state index contributed by atoms with van der Waals surface area (Å²) in [6.07, 6.45) is 1.96. The highest BCUT2D eigenvalue weighted by Gasteiger charge is 2.42. The molecule has 1 amide bonds. The maximum Gasteiger partial charge on any atom is 0.252 e. The Labute approximate surface area is 106 Å². The molecule has 3 nitrogen and oxygen atoms in total. The third-order valence-corrected chi connectivity index (χ3v) is 3.85. The van der Waals surface area contributed by atoms with Gasteiger partial charge in [0, 0.05) is 12.0 Å². The van der Waals surface area contributed by atoms with Crippen LogP contribution < -0.4 is 5.32 Å². The summed E-state index contributed by atoms with van der Waals surface area (Å²) < 4.78 is 0. The molecule has 0 unspecified atom stereocenters. The predicted molar refractivity (Wildman–Crippen MR) is 67.3 cm³/mol. The van der Waals surface area contributed by atoms with E-state index in [1.165, 1.54) is 0 Å². The van der Waals surface area contributed by atoms with E-state index in [9.17, 15) is 4.79 Å². The number of halogens is 1. The Morgan fingerprint density at radius 1 is 1.53 bits per heavy atom. The molecular weight excluding hydrogens is 238 g/mol. The smallest absolute Gasteiger partial charge is 0.252 e. The van der Waals surface area contributed by atoms with E-state index < -0.39 is 0 Å². The van der Waals surface area contributed by atoms with E-state index >= 15 is 0 Å². The van der Waals surface area contributed by atoms with Crippen molar-refractivity contribution in [2.24, 2.45) is 5.41 Å². The molecule has 1 saturated carbocycles. The lowest BCUT2D eigenvalue weighted by Gasteiger charge is -2.13. The van der Waals surface area contributed by atoms with Gasteiger partial charge in [-0.2, -0.15) is 0 Å². The number of hydrogen-bond donors (Lipinski definition) is 2. The molecule has 0 bridgehead atoms. The Balaban J connectivity index is 2.02. The molecule has 0 aliphatic heterocycles. The van der Waals surface area contributed by atoms with Crippen LogP contribution >= 0.6 is 11.6 Å². The van der Waals surface area contributed by atoms with Crippen LogP contribution in [0.1, 0.15) is 28.8 Å². The number of aliphatic hydroxyl groups excluding tert-OH is 1. The third kappa shape index (κ3) is 2.61. The van der Waals surface area contributed by atoms with Crippen molar-refractivity contribution in [2.45, 2.75) is 19.8 Å². The van der Waals surface area contributed by atoms with Gasteiger partial charge >= 0.3 is 0 Å². The molecule has 0 aromatic heterocycles. The van der Waals surface area contributed by atoms with Crippen LogP contribution in [0.3, 0.4) is 0 Å². The normalized spacial score (nSPS) is 16.6. The Morgan fingerprint density at radius 3 is 2.82 bits per heavy atom. The summed E-state index contributed by atoms with van der Waals surface area (Å²) in [6, 6.07) is 5.40. The minimum absolute atomic E-state index is 0.0774.